The number of nitrogens with zero attached hydrogens (tertiary/aromatic N) is 1. The Morgan fingerprint density at radius 1 is 1.42 bits per heavy atom. The minimum absolute atomic E-state index is 0.577. The van der Waals surface area contributed by atoms with E-state index in [9.17, 15) is 0 Å². The van der Waals surface area contributed by atoms with E-state index in [1.165, 1.54) is 31.3 Å². The number of allylic oxidation sites excluding steroid dienone is 1. The summed E-state index contributed by atoms with van der Waals surface area (Å²) in [7, 11) is 0. The highest BCUT2D eigenvalue weighted by Crippen LogP contribution is 2.51. The maximum atomic E-state index is 8.56. The van der Waals surface area contributed by atoms with E-state index in [4.69, 9.17) is 5.26 Å². The Morgan fingerprint density at radius 3 is 2.75 bits per heavy atom. The van der Waals surface area contributed by atoms with Crippen LogP contribution in [0.1, 0.15) is 32.1 Å². The van der Waals surface area contributed by atoms with Crippen molar-refractivity contribution in [1.82, 2.24) is 0 Å². The first kappa shape index (κ1) is 7.86. The molecule has 2 saturated carbocycles. The van der Waals surface area contributed by atoms with Crippen LogP contribution in [0.4, 0.5) is 0 Å². The lowest BCUT2D eigenvalue weighted by atomic mass is 9.83. The molecule has 12 heavy (non-hydrogen) atoms. The molecule has 0 heterocycles. The van der Waals surface area contributed by atoms with E-state index in [1.807, 2.05) is 0 Å². The fourth-order valence-electron chi connectivity index (χ4n) is 2.98. The van der Waals surface area contributed by atoms with Crippen molar-refractivity contribution in [2.75, 3.05) is 0 Å². The average molecular weight is 161 g/mol. The van der Waals surface area contributed by atoms with Crippen molar-refractivity contribution in [1.29, 1.82) is 5.26 Å². The Morgan fingerprint density at radius 2 is 2.25 bits per heavy atom. The maximum Gasteiger partial charge on any atom is 0.0666 e. The van der Waals surface area contributed by atoms with Crippen molar-refractivity contribution in [3.05, 3.63) is 12.2 Å². The van der Waals surface area contributed by atoms with Gasteiger partial charge in [0.15, 0.2) is 0 Å². The molecule has 0 aromatic heterocycles. The van der Waals surface area contributed by atoms with E-state index in [2.05, 4.69) is 12.6 Å². The first-order valence-corrected chi connectivity index (χ1v) is 4.86. The molecule has 64 valence electrons. The molecule has 2 rings (SSSR count). The number of rotatable bonds is 2. The standard InChI is InChI=1S/C11H15N/c1-8(4-5-12)11-7-9-2-3-10(11)6-9/h9-11H,1-4,6-7H2. The Kier molecular flexibility index (Phi) is 1.92. The number of hydrogen-bond acceptors (Lipinski definition) is 1. The summed E-state index contributed by atoms with van der Waals surface area (Å²) < 4.78 is 0. The van der Waals surface area contributed by atoms with E-state index >= 15 is 0 Å². The largest absolute Gasteiger partial charge is 0.198 e. The van der Waals surface area contributed by atoms with Gasteiger partial charge in [-0.1, -0.05) is 18.6 Å². The summed E-state index contributed by atoms with van der Waals surface area (Å²) in [6.45, 7) is 4.02. The summed E-state index contributed by atoms with van der Waals surface area (Å²) in [5.74, 6) is 2.55. The van der Waals surface area contributed by atoms with Gasteiger partial charge in [-0.05, 0) is 37.0 Å². The van der Waals surface area contributed by atoms with Crippen LogP contribution in [0.5, 0.6) is 0 Å². The highest BCUT2D eigenvalue weighted by molar-refractivity contribution is 5.12. The van der Waals surface area contributed by atoms with E-state index in [0.29, 0.717) is 12.3 Å². The van der Waals surface area contributed by atoms with Crippen molar-refractivity contribution < 1.29 is 0 Å². The second-order valence-electron chi connectivity index (χ2n) is 4.27. The zero-order valence-corrected chi connectivity index (χ0v) is 7.42. The SMILES string of the molecule is C=C(CC#N)C1CC2CCC1C2. The van der Waals surface area contributed by atoms with Crippen LogP contribution < -0.4 is 0 Å². The molecule has 0 aromatic carbocycles. The summed E-state index contributed by atoms with van der Waals surface area (Å²) >= 11 is 0. The van der Waals surface area contributed by atoms with Gasteiger partial charge in [-0.3, -0.25) is 0 Å². The fourth-order valence-corrected chi connectivity index (χ4v) is 2.98. The third kappa shape index (κ3) is 1.16. The van der Waals surface area contributed by atoms with Gasteiger partial charge in [0.1, 0.15) is 0 Å². The van der Waals surface area contributed by atoms with Gasteiger partial charge in [0.2, 0.25) is 0 Å². The van der Waals surface area contributed by atoms with E-state index < -0.39 is 0 Å². The summed E-state index contributed by atoms with van der Waals surface area (Å²) in [5, 5.41) is 8.56. The van der Waals surface area contributed by atoms with Gasteiger partial charge in [-0.15, -0.1) is 0 Å². The molecule has 0 saturated heterocycles. The normalized spacial score (nSPS) is 38.1. The lowest BCUT2D eigenvalue weighted by Gasteiger charge is -2.22. The molecule has 2 aliphatic rings. The number of hydrogen-bond donors (Lipinski definition) is 0. The lowest BCUT2D eigenvalue weighted by molar-refractivity contribution is 0.375. The topological polar surface area (TPSA) is 23.8 Å². The van der Waals surface area contributed by atoms with Crippen LogP contribution in [-0.2, 0) is 0 Å². The molecule has 0 radical (unpaired) electrons. The summed E-state index contributed by atoms with van der Waals surface area (Å²) in [4.78, 5) is 0. The Hall–Kier alpha value is -0.770. The van der Waals surface area contributed by atoms with Gasteiger partial charge in [0, 0.05) is 0 Å². The summed E-state index contributed by atoms with van der Waals surface area (Å²) in [6.07, 6.45) is 6.13. The average Bonchev–Trinajstić information content (AvgIpc) is 2.64. The first-order valence-electron chi connectivity index (χ1n) is 4.86. The van der Waals surface area contributed by atoms with Crippen LogP contribution in [0.15, 0.2) is 12.2 Å². The second-order valence-corrected chi connectivity index (χ2v) is 4.27. The Balaban J connectivity index is 1.99. The molecule has 0 spiro atoms. The first-order chi connectivity index (χ1) is 5.81. The van der Waals surface area contributed by atoms with Crippen LogP contribution in [-0.4, -0.2) is 0 Å². The molecule has 0 aliphatic heterocycles. The predicted octanol–water partition coefficient (Wildman–Crippen LogP) is 2.89. The van der Waals surface area contributed by atoms with Gasteiger partial charge in [-0.2, -0.15) is 5.26 Å². The molecular weight excluding hydrogens is 146 g/mol. The molecule has 0 amide bonds. The van der Waals surface area contributed by atoms with Gasteiger partial charge in [0.25, 0.3) is 0 Å². The van der Waals surface area contributed by atoms with Crippen LogP contribution in [0, 0.1) is 29.1 Å². The van der Waals surface area contributed by atoms with Crippen LogP contribution >= 0.6 is 0 Å². The zero-order chi connectivity index (χ0) is 8.55. The van der Waals surface area contributed by atoms with Crippen molar-refractivity contribution in [3.63, 3.8) is 0 Å². The van der Waals surface area contributed by atoms with Crippen molar-refractivity contribution in [2.45, 2.75) is 32.1 Å². The fraction of sp³-hybridized carbons (Fsp3) is 0.727. The number of nitriles is 1. The molecule has 2 aliphatic carbocycles. The second kappa shape index (κ2) is 2.94. The lowest BCUT2D eigenvalue weighted by Crippen LogP contribution is -2.12. The summed E-state index contributed by atoms with van der Waals surface area (Å²) in [6, 6.07) is 2.20. The third-order valence-electron chi connectivity index (χ3n) is 3.57. The molecule has 2 bridgehead atoms. The molecule has 2 fully saturated rings. The van der Waals surface area contributed by atoms with E-state index in [-0.39, 0.29) is 0 Å². The smallest absolute Gasteiger partial charge is 0.0666 e. The molecule has 1 nitrogen and oxygen atoms in total. The third-order valence-corrected chi connectivity index (χ3v) is 3.57. The highest BCUT2D eigenvalue weighted by Gasteiger charge is 2.40. The van der Waals surface area contributed by atoms with Gasteiger partial charge < -0.3 is 0 Å². The molecule has 3 atom stereocenters. The molecule has 3 unspecified atom stereocenters. The highest BCUT2D eigenvalue weighted by atomic mass is 14.4. The van der Waals surface area contributed by atoms with Crippen LogP contribution in [0.3, 0.4) is 0 Å². The zero-order valence-electron chi connectivity index (χ0n) is 7.42. The van der Waals surface area contributed by atoms with Crippen LogP contribution in [0.25, 0.3) is 0 Å². The Bertz CT molecular complexity index is 236. The van der Waals surface area contributed by atoms with Crippen LogP contribution in [0.2, 0.25) is 0 Å². The molecular formula is C11H15N. The summed E-state index contributed by atoms with van der Waals surface area (Å²) in [5.41, 5.74) is 1.20. The van der Waals surface area contributed by atoms with Crippen molar-refractivity contribution in [3.8, 4) is 6.07 Å². The van der Waals surface area contributed by atoms with E-state index in [0.717, 1.165) is 11.8 Å². The predicted molar refractivity (Wildman–Crippen MR) is 48.3 cm³/mol. The molecule has 0 N–H and O–H groups in total. The van der Waals surface area contributed by atoms with Crippen molar-refractivity contribution in [2.24, 2.45) is 17.8 Å². The van der Waals surface area contributed by atoms with E-state index in [1.54, 1.807) is 0 Å². The quantitative estimate of drug-likeness (QED) is 0.571. The van der Waals surface area contributed by atoms with Gasteiger partial charge in [0.05, 0.1) is 12.5 Å². The molecule has 1 heteroatoms. The molecule has 0 aromatic rings. The Labute approximate surface area is 74.1 Å². The number of fused-ring (bicyclic) bond motifs is 2. The van der Waals surface area contributed by atoms with Gasteiger partial charge >= 0.3 is 0 Å². The van der Waals surface area contributed by atoms with Crippen molar-refractivity contribution >= 4 is 0 Å². The monoisotopic (exact) mass is 161 g/mol. The van der Waals surface area contributed by atoms with Gasteiger partial charge in [-0.25, -0.2) is 0 Å². The maximum absolute atomic E-state index is 8.56. The minimum atomic E-state index is 0.577. The minimum Gasteiger partial charge on any atom is -0.198 e.